The molecular weight excluding hydrogens is 448 g/mol. The van der Waals surface area contributed by atoms with Crippen molar-refractivity contribution in [2.75, 3.05) is 11.5 Å². The Kier molecular flexibility index (Phi) is 5.96. The fourth-order valence-electron chi connectivity index (χ4n) is 5.32. The highest BCUT2D eigenvalue weighted by atomic mass is 32.1. The van der Waals surface area contributed by atoms with Gasteiger partial charge in [-0.1, -0.05) is 6.07 Å². The zero-order chi connectivity index (χ0) is 23.8. The van der Waals surface area contributed by atoms with Crippen molar-refractivity contribution >= 4 is 28.1 Å². The molecule has 0 radical (unpaired) electrons. The Labute approximate surface area is 202 Å². The third-order valence-corrected chi connectivity index (χ3v) is 8.04. The predicted octanol–water partition coefficient (Wildman–Crippen LogP) is 4.50. The second kappa shape index (κ2) is 9.07. The monoisotopic (exact) mass is 474 g/mol. The van der Waals surface area contributed by atoms with Crippen LogP contribution >= 0.6 is 11.3 Å². The normalized spacial score (nSPS) is 20.1. The van der Waals surface area contributed by atoms with Gasteiger partial charge in [-0.25, -0.2) is 4.79 Å². The van der Waals surface area contributed by atoms with Gasteiger partial charge in [0, 0.05) is 35.0 Å². The minimum Gasteiger partial charge on any atom is -0.462 e. The Morgan fingerprint density at radius 2 is 2.12 bits per heavy atom. The van der Waals surface area contributed by atoms with Crippen LogP contribution in [0.15, 0.2) is 47.2 Å². The highest BCUT2D eigenvalue weighted by molar-refractivity contribution is 7.16. The molecule has 0 amide bonds. The number of Topliss-reactive ketones (excluding diaryl/α,β-unsaturated/α-hetero) is 1. The molecule has 0 aromatic carbocycles. The molecule has 5 rings (SSSR count). The lowest BCUT2D eigenvalue weighted by atomic mass is 9.76. The van der Waals surface area contributed by atoms with Crippen LogP contribution in [-0.4, -0.2) is 23.3 Å². The highest BCUT2D eigenvalue weighted by Gasteiger charge is 2.42. The molecule has 3 aliphatic rings. The van der Waals surface area contributed by atoms with Gasteiger partial charge in [-0.2, -0.15) is 5.26 Å². The molecule has 0 bridgehead atoms. The number of nitrogens with two attached hydrogens (primary N) is 1. The fraction of sp³-hybridized carbons (Fsp3) is 0.385. The summed E-state index contributed by atoms with van der Waals surface area (Å²) >= 11 is 1.54. The molecule has 3 heterocycles. The number of aryl methyl sites for hydroxylation is 1. The number of rotatable bonds is 4. The Bertz CT molecular complexity index is 1270. The summed E-state index contributed by atoms with van der Waals surface area (Å²) in [4.78, 5) is 33.7. The number of aromatic nitrogens is 1. The Balaban J connectivity index is 1.76. The average molecular weight is 475 g/mol. The SMILES string of the molecule is CCOC(=O)c1c(N2C(N)=C(C#N)[C@H](c3cccnc3)C3=C2CCCC3=O)sc2c1CCCC2. The van der Waals surface area contributed by atoms with Crippen LogP contribution in [0.25, 0.3) is 0 Å². The maximum Gasteiger partial charge on any atom is 0.341 e. The lowest BCUT2D eigenvalue weighted by molar-refractivity contribution is -0.116. The number of carbonyl (C=O) groups excluding carboxylic acids is 2. The first-order chi connectivity index (χ1) is 16.6. The number of nitrogens with zero attached hydrogens (tertiary/aromatic N) is 3. The molecule has 1 aliphatic heterocycles. The van der Waals surface area contributed by atoms with Crippen LogP contribution in [0.5, 0.6) is 0 Å². The van der Waals surface area contributed by atoms with Gasteiger partial charge in [0.25, 0.3) is 0 Å². The van der Waals surface area contributed by atoms with Crippen LogP contribution in [0.4, 0.5) is 5.00 Å². The number of hydrogen-bond donors (Lipinski definition) is 1. The number of pyridine rings is 1. The first kappa shape index (κ1) is 22.4. The molecule has 34 heavy (non-hydrogen) atoms. The van der Waals surface area contributed by atoms with E-state index in [0.29, 0.717) is 41.0 Å². The van der Waals surface area contributed by atoms with Gasteiger partial charge in [-0.15, -0.1) is 11.3 Å². The quantitative estimate of drug-likeness (QED) is 0.650. The maximum atomic E-state index is 13.3. The van der Waals surface area contributed by atoms with Crippen molar-refractivity contribution in [2.24, 2.45) is 5.73 Å². The van der Waals surface area contributed by atoms with E-state index in [4.69, 9.17) is 10.5 Å². The number of esters is 1. The second-order valence-corrected chi connectivity index (χ2v) is 9.80. The van der Waals surface area contributed by atoms with Crippen molar-refractivity contribution in [3.05, 3.63) is 68.8 Å². The molecule has 0 fully saturated rings. The van der Waals surface area contributed by atoms with Gasteiger partial charge in [-0.05, 0) is 62.6 Å². The largest absolute Gasteiger partial charge is 0.462 e. The molecule has 0 spiro atoms. The van der Waals surface area contributed by atoms with Gasteiger partial charge in [0.2, 0.25) is 0 Å². The van der Waals surface area contributed by atoms with Crippen LogP contribution < -0.4 is 10.6 Å². The van der Waals surface area contributed by atoms with Crippen LogP contribution in [0.1, 0.15) is 71.3 Å². The zero-order valence-electron chi connectivity index (χ0n) is 19.1. The summed E-state index contributed by atoms with van der Waals surface area (Å²) in [6.07, 6.45) is 8.91. The average Bonchev–Trinajstić information content (AvgIpc) is 3.23. The van der Waals surface area contributed by atoms with Crippen molar-refractivity contribution in [3.63, 3.8) is 0 Å². The standard InChI is InChI=1S/C26H26N4O3S/c1-2-33-26(32)22-16-8-3-4-11-20(16)34-25(22)30-18-9-5-10-19(31)23(18)21(17(13-27)24(30)28)15-7-6-12-29-14-15/h6-7,12,14,21H,2-5,8-11,28H2,1H3/t21-/m0/s1. The number of ketones is 1. The van der Waals surface area contributed by atoms with Crippen LogP contribution in [-0.2, 0) is 22.4 Å². The van der Waals surface area contributed by atoms with Crippen molar-refractivity contribution in [1.29, 1.82) is 5.26 Å². The molecule has 2 N–H and O–H groups in total. The molecule has 0 saturated heterocycles. The summed E-state index contributed by atoms with van der Waals surface area (Å²) in [7, 11) is 0. The molecule has 2 aromatic rings. The second-order valence-electron chi connectivity index (χ2n) is 8.71. The van der Waals surface area contributed by atoms with Gasteiger partial charge in [0.1, 0.15) is 10.8 Å². The molecule has 2 aromatic heterocycles. The lowest BCUT2D eigenvalue weighted by Crippen LogP contribution is -2.39. The van der Waals surface area contributed by atoms with E-state index >= 15 is 0 Å². The number of anilines is 1. The van der Waals surface area contributed by atoms with Crippen LogP contribution in [0.3, 0.4) is 0 Å². The van der Waals surface area contributed by atoms with Crippen molar-refractivity contribution in [1.82, 2.24) is 4.98 Å². The summed E-state index contributed by atoms with van der Waals surface area (Å²) in [6.45, 7) is 2.06. The summed E-state index contributed by atoms with van der Waals surface area (Å²) in [6, 6.07) is 5.95. The molecule has 0 saturated carbocycles. The number of ether oxygens (including phenoxy) is 1. The van der Waals surface area contributed by atoms with E-state index < -0.39 is 5.92 Å². The minimum absolute atomic E-state index is 0.0133. The number of hydrogen-bond acceptors (Lipinski definition) is 8. The van der Waals surface area contributed by atoms with Crippen LogP contribution in [0, 0.1) is 11.3 Å². The summed E-state index contributed by atoms with van der Waals surface area (Å²) < 4.78 is 5.45. The zero-order valence-corrected chi connectivity index (χ0v) is 19.9. The Hall–Kier alpha value is -3.44. The van der Waals surface area contributed by atoms with Gasteiger partial charge in [0.15, 0.2) is 5.78 Å². The lowest BCUT2D eigenvalue weighted by Gasteiger charge is -2.39. The first-order valence-corrected chi connectivity index (χ1v) is 12.6. The molecule has 0 unspecified atom stereocenters. The summed E-state index contributed by atoms with van der Waals surface area (Å²) in [5, 5.41) is 10.9. The van der Waals surface area contributed by atoms with E-state index in [2.05, 4.69) is 11.1 Å². The smallest absolute Gasteiger partial charge is 0.341 e. The van der Waals surface area contributed by atoms with Gasteiger partial charge >= 0.3 is 5.97 Å². The molecule has 7 nitrogen and oxygen atoms in total. The van der Waals surface area contributed by atoms with Crippen molar-refractivity contribution in [2.45, 2.75) is 57.8 Å². The van der Waals surface area contributed by atoms with Gasteiger partial charge < -0.3 is 10.5 Å². The van der Waals surface area contributed by atoms with Crippen molar-refractivity contribution < 1.29 is 14.3 Å². The van der Waals surface area contributed by atoms with E-state index in [-0.39, 0.29) is 24.2 Å². The van der Waals surface area contributed by atoms with Crippen LogP contribution in [0.2, 0.25) is 0 Å². The highest BCUT2D eigenvalue weighted by Crippen LogP contribution is 2.50. The Morgan fingerprint density at radius 1 is 1.29 bits per heavy atom. The predicted molar refractivity (Wildman–Crippen MR) is 129 cm³/mol. The number of fused-ring (bicyclic) bond motifs is 1. The van der Waals surface area contributed by atoms with E-state index in [1.807, 2.05) is 11.0 Å². The number of carbonyl (C=O) groups is 2. The van der Waals surface area contributed by atoms with E-state index in [1.54, 1.807) is 25.4 Å². The van der Waals surface area contributed by atoms with E-state index in [1.165, 1.54) is 11.3 Å². The molecule has 174 valence electrons. The number of thiophene rings is 1. The third-order valence-electron chi connectivity index (χ3n) is 6.77. The van der Waals surface area contributed by atoms with E-state index in [0.717, 1.165) is 47.4 Å². The fourth-order valence-corrected chi connectivity index (χ4v) is 6.74. The maximum absolute atomic E-state index is 13.3. The molecular formula is C26H26N4O3S. The van der Waals surface area contributed by atoms with Gasteiger partial charge in [0.05, 0.1) is 29.7 Å². The third kappa shape index (κ3) is 3.51. The number of allylic oxidation sites excluding steroid dienone is 3. The van der Waals surface area contributed by atoms with Crippen molar-refractivity contribution in [3.8, 4) is 6.07 Å². The minimum atomic E-state index is -0.557. The van der Waals surface area contributed by atoms with Gasteiger partial charge in [-0.3, -0.25) is 14.7 Å². The summed E-state index contributed by atoms with van der Waals surface area (Å²) in [5.41, 5.74) is 10.7. The number of nitriles is 1. The van der Waals surface area contributed by atoms with E-state index in [9.17, 15) is 14.9 Å². The first-order valence-electron chi connectivity index (χ1n) is 11.7. The molecule has 1 atom stereocenters. The molecule has 8 heteroatoms. The summed E-state index contributed by atoms with van der Waals surface area (Å²) in [5.74, 6) is -0.645. The molecule has 2 aliphatic carbocycles. The topological polar surface area (TPSA) is 109 Å². The Morgan fingerprint density at radius 3 is 2.85 bits per heavy atom.